The normalized spacial score (nSPS) is 18.2. The first-order valence-corrected chi connectivity index (χ1v) is 7.73. The molecule has 0 aromatic carbocycles. The molecule has 1 aliphatic rings. The number of H-pyrrole nitrogens is 1. The quantitative estimate of drug-likeness (QED) is 0.745. The summed E-state index contributed by atoms with van der Waals surface area (Å²) in [6, 6.07) is 3.92. The van der Waals surface area contributed by atoms with Crippen LogP contribution in [0.4, 0.5) is 5.82 Å². The molecule has 9 heteroatoms. The van der Waals surface area contributed by atoms with E-state index in [1.54, 1.807) is 0 Å². The van der Waals surface area contributed by atoms with Gasteiger partial charge in [-0.25, -0.2) is 15.0 Å². The van der Waals surface area contributed by atoms with Gasteiger partial charge in [0.1, 0.15) is 12.0 Å². The van der Waals surface area contributed by atoms with E-state index in [1.165, 1.54) is 6.33 Å². The van der Waals surface area contributed by atoms with Crippen LogP contribution in [-0.2, 0) is 9.53 Å². The number of hydrogen-bond donors (Lipinski definition) is 2. The number of hydrazine groups is 1. The highest BCUT2D eigenvalue weighted by molar-refractivity contribution is 5.87. The lowest BCUT2D eigenvalue weighted by molar-refractivity contribution is -0.138. The number of anilines is 1. The van der Waals surface area contributed by atoms with Gasteiger partial charge in [-0.3, -0.25) is 9.80 Å². The molecule has 1 saturated heterocycles. The molecule has 2 aromatic heterocycles. The average Bonchev–Trinajstić information content (AvgIpc) is 3.10. The highest BCUT2D eigenvalue weighted by Gasteiger charge is 2.29. The topological polar surface area (TPSA) is 110 Å². The van der Waals surface area contributed by atoms with Gasteiger partial charge in [0.25, 0.3) is 5.91 Å². The SMILES string of the molecule is CN(c1ncnc2[nH]ccc12)N1CCOC(C(=O)NCCC#N)C1. The van der Waals surface area contributed by atoms with E-state index in [2.05, 4.69) is 20.3 Å². The molecule has 9 nitrogen and oxygen atoms in total. The van der Waals surface area contributed by atoms with Crippen LogP contribution < -0.4 is 10.3 Å². The molecule has 1 fully saturated rings. The number of hydrogen-bond acceptors (Lipinski definition) is 7. The molecule has 24 heavy (non-hydrogen) atoms. The predicted molar refractivity (Wildman–Crippen MR) is 86.8 cm³/mol. The second-order valence-electron chi connectivity index (χ2n) is 5.43. The lowest BCUT2D eigenvalue weighted by Gasteiger charge is -2.38. The van der Waals surface area contributed by atoms with Crippen LogP contribution in [0.1, 0.15) is 6.42 Å². The van der Waals surface area contributed by atoms with Gasteiger partial charge in [0.15, 0.2) is 11.9 Å². The summed E-state index contributed by atoms with van der Waals surface area (Å²) in [7, 11) is 1.91. The van der Waals surface area contributed by atoms with Gasteiger partial charge < -0.3 is 15.0 Å². The zero-order valence-electron chi connectivity index (χ0n) is 13.4. The molecular weight excluding hydrogens is 310 g/mol. The number of nitrogens with zero attached hydrogens (tertiary/aromatic N) is 5. The Hall–Kier alpha value is -2.70. The third-order valence-corrected chi connectivity index (χ3v) is 3.94. The van der Waals surface area contributed by atoms with E-state index in [0.717, 1.165) is 16.9 Å². The highest BCUT2D eigenvalue weighted by atomic mass is 16.5. The molecule has 126 valence electrons. The molecule has 0 saturated carbocycles. The Morgan fingerprint density at radius 3 is 3.33 bits per heavy atom. The van der Waals surface area contributed by atoms with Crippen LogP contribution in [0.25, 0.3) is 11.0 Å². The van der Waals surface area contributed by atoms with Crippen molar-refractivity contribution in [1.82, 2.24) is 25.3 Å². The van der Waals surface area contributed by atoms with E-state index >= 15 is 0 Å². The number of aromatic amines is 1. The van der Waals surface area contributed by atoms with Gasteiger partial charge in [0.05, 0.1) is 31.0 Å². The van der Waals surface area contributed by atoms with Gasteiger partial charge in [-0.1, -0.05) is 0 Å². The Kier molecular flexibility index (Phi) is 4.88. The summed E-state index contributed by atoms with van der Waals surface area (Å²) in [5.41, 5.74) is 0.769. The van der Waals surface area contributed by atoms with Crippen LogP contribution in [-0.4, -0.2) is 65.3 Å². The van der Waals surface area contributed by atoms with Crippen molar-refractivity contribution < 1.29 is 9.53 Å². The summed E-state index contributed by atoms with van der Waals surface area (Å²) >= 11 is 0. The van der Waals surface area contributed by atoms with Gasteiger partial charge in [0, 0.05) is 26.3 Å². The number of carbonyl (C=O) groups excluding carboxylic acids is 1. The van der Waals surface area contributed by atoms with Crippen molar-refractivity contribution in [3.63, 3.8) is 0 Å². The van der Waals surface area contributed by atoms with Crippen molar-refractivity contribution >= 4 is 22.8 Å². The standard InChI is InChI=1S/C15H19N7O2/c1-21(14-11-3-6-17-13(11)19-10-20-14)22-7-8-24-12(9-22)15(23)18-5-2-4-16/h3,6,10,12H,2,5,7-9H2,1H3,(H,18,23)(H,17,19,20). The van der Waals surface area contributed by atoms with Gasteiger partial charge in [-0.05, 0) is 6.07 Å². The Bertz CT molecular complexity index is 754. The van der Waals surface area contributed by atoms with E-state index < -0.39 is 6.10 Å². The van der Waals surface area contributed by atoms with Crippen molar-refractivity contribution in [2.24, 2.45) is 0 Å². The van der Waals surface area contributed by atoms with Crippen molar-refractivity contribution in [3.05, 3.63) is 18.6 Å². The minimum atomic E-state index is -0.566. The van der Waals surface area contributed by atoms with Crippen LogP contribution in [0.3, 0.4) is 0 Å². The van der Waals surface area contributed by atoms with E-state index in [-0.39, 0.29) is 12.3 Å². The summed E-state index contributed by atoms with van der Waals surface area (Å²) in [5.74, 6) is 0.574. The van der Waals surface area contributed by atoms with Crippen molar-refractivity contribution in [2.75, 3.05) is 38.3 Å². The van der Waals surface area contributed by atoms with Crippen LogP contribution in [0.2, 0.25) is 0 Å². The lowest BCUT2D eigenvalue weighted by atomic mass is 10.2. The van der Waals surface area contributed by atoms with E-state index in [4.69, 9.17) is 10.00 Å². The molecule has 0 radical (unpaired) electrons. The van der Waals surface area contributed by atoms with Gasteiger partial charge >= 0.3 is 0 Å². The fourth-order valence-corrected chi connectivity index (χ4v) is 2.67. The molecule has 2 aromatic rings. The number of nitrogens with one attached hydrogen (secondary N) is 2. The Morgan fingerprint density at radius 2 is 2.50 bits per heavy atom. The molecule has 0 aliphatic carbocycles. The monoisotopic (exact) mass is 329 g/mol. The molecule has 1 amide bonds. The molecule has 0 spiro atoms. The number of fused-ring (bicyclic) bond motifs is 1. The number of amides is 1. The maximum atomic E-state index is 12.1. The molecule has 1 atom stereocenters. The van der Waals surface area contributed by atoms with E-state index in [1.807, 2.05) is 35.4 Å². The molecule has 2 N–H and O–H groups in total. The first-order valence-electron chi connectivity index (χ1n) is 7.73. The van der Waals surface area contributed by atoms with Crippen LogP contribution in [0.15, 0.2) is 18.6 Å². The van der Waals surface area contributed by atoms with Crippen molar-refractivity contribution in [1.29, 1.82) is 5.26 Å². The number of morpholine rings is 1. The van der Waals surface area contributed by atoms with Crippen molar-refractivity contribution in [2.45, 2.75) is 12.5 Å². The predicted octanol–water partition coefficient (Wildman–Crippen LogP) is 0.0398. The molecule has 0 bridgehead atoms. The smallest absolute Gasteiger partial charge is 0.250 e. The fraction of sp³-hybridized carbons (Fsp3) is 0.467. The van der Waals surface area contributed by atoms with E-state index in [9.17, 15) is 4.79 Å². The summed E-state index contributed by atoms with van der Waals surface area (Å²) in [5, 5.41) is 16.1. The molecule has 3 heterocycles. The molecular formula is C15H19N7O2. The number of nitriles is 1. The summed E-state index contributed by atoms with van der Waals surface area (Å²) < 4.78 is 5.56. The Balaban J connectivity index is 1.69. The summed E-state index contributed by atoms with van der Waals surface area (Å²) in [6.45, 7) is 1.86. The number of ether oxygens (including phenoxy) is 1. The largest absolute Gasteiger partial charge is 0.366 e. The Morgan fingerprint density at radius 1 is 1.62 bits per heavy atom. The number of carbonyl (C=O) groups is 1. The molecule has 3 rings (SSSR count). The maximum Gasteiger partial charge on any atom is 0.250 e. The van der Waals surface area contributed by atoms with Gasteiger partial charge in [0.2, 0.25) is 0 Å². The van der Waals surface area contributed by atoms with Crippen molar-refractivity contribution in [3.8, 4) is 6.07 Å². The summed E-state index contributed by atoms with van der Waals surface area (Å²) in [6.07, 6.45) is 3.05. The number of aromatic nitrogens is 3. The van der Waals surface area contributed by atoms with Gasteiger partial charge in [-0.2, -0.15) is 5.26 Å². The molecule has 1 aliphatic heterocycles. The summed E-state index contributed by atoms with van der Waals surface area (Å²) in [4.78, 5) is 23.7. The zero-order valence-corrected chi connectivity index (χ0v) is 13.4. The fourth-order valence-electron chi connectivity index (χ4n) is 2.67. The van der Waals surface area contributed by atoms with Crippen LogP contribution in [0, 0.1) is 11.3 Å². The van der Waals surface area contributed by atoms with E-state index in [0.29, 0.717) is 26.2 Å². The third-order valence-electron chi connectivity index (χ3n) is 3.94. The highest BCUT2D eigenvalue weighted by Crippen LogP contribution is 2.23. The average molecular weight is 329 g/mol. The maximum absolute atomic E-state index is 12.1. The zero-order chi connectivity index (χ0) is 16.9. The van der Waals surface area contributed by atoms with Crippen LogP contribution in [0.5, 0.6) is 0 Å². The first kappa shape index (κ1) is 16.2. The molecule has 1 unspecified atom stereocenters. The second kappa shape index (κ2) is 7.25. The first-order chi connectivity index (χ1) is 11.7. The van der Waals surface area contributed by atoms with Crippen LogP contribution >= 0.6 is 0 Å². The second-order valence-corrected chi connectivity index (χ2v) is 5.43. The lowest BCUT2D eigenvalue weighted by Crippen LogP contribution is -2.55. The minimum Gasteiger partial charge on any atom is -0.366 e. The Labute approximate surface area is 139 Å². The number of rotatable bonds is 5. The third kappa shape index (κ3) is 3.29. The van der Waals surface area contributed by atoms with Gasteiger partial charge in [-0.15, -0.1) is 0 Å². The minimum absolute atomic E-state index is 0.196.